The molecule has 0 saturated heterocycles. The molecule has 0 saturated carbocycles. The van der Waals surface area contributed by atoms with E-state index in [0.29, 0.717) is 0 Å². The minimum atomic E-state index is 0.767. The monoisotopic (exact) mass is 499 g/mol. The Hall–Kier alpha value is -5.28. The van der Waals surface area contributed by atoms with Crippen molar-refractivity contribution in [3.63, 3.8) is 0 Å². The average Bonchev–Trinajstić information content (AvgIpc) is 3.50. The van der Waals surface area contributed by atoms with Gasteiger partial charge in [-0.1, -0.05) is 84.9 Å². The molecule has 0 amide bonds. The highest BCUT2D eigenvalue weighted by Crippen LogP contribution is 2.38. The molecule has 0 atom stereocenters. The fourth-order valence-corrected chi connectivity index (χ4v) is 6.11. The highest BCUT2D eigenvalue weighted by molar-refractivity contribution is 6.12. The lowest BCUT2D eigenvalue weighted by atomic mass is 10.0. The van der Waals surface area contributed by atoms with E-state index < -0.39 is 0 Å². The molecule has 0 bridgehead atoms. The van der Waals surface area contributed by atoms with Crippen LogP contribution in [0.15, 0.2) is 140 Å². The molecule has 8 aromatic rings. The number of anilines is 1. The summed E-state index contributed by atoms with van der Waals surface area (Å²) in [7, 11) is 0. The van der Waals surface area contributed by atoms with Gasteiger partial charge in [0, 0.05) is 27.2 Å². The second-order valence-corrected chi connectivity index (χ2v) is 10.1. The number of nitrogens with zero attached hydrogens (tertiary/aromatic N) is 2. The molecule has 0 aliphatic carbocycles. The first-order valence-electron chi connectivity index (χ1n) is 13.2. The SMILES string of the molecule is Nc1ccccc1-n1c2ccccc2c2cc(-c3ccc4c5ccccc5n(-c5ccccc5)c4c3)ccc21. The molecule has 0 fully saturated rings. The summed E-state index contributed by atoms with van der Waals surface area (Å²) in [5.41, 5.74) is 16.5. The van der Waals surface area contributed by atoms with Crippen molar-refractivity contribution in [2.75, 3.05) is 5.73 Å². The van der Waals surface area contributed by atoms with Crippen LogP contribution in [0.5, 0.6) is 0 Å². The molecule has 39 heavy (non-hydrogen) atoms. The van der Waals surface area contributed by atoms with Crippen molar-refractivity contribution in [1.29, 1.82) is 0 Å². The molecule has 2 heterocycles. The van der Waals surface area contributed by atoms with Gasteiger partial charge in [-0.15, -0.1) is 0 Å². The second-order valence-electron chi connectivity index (χ2n) is 10.1. The van der Waals surface area contributed by atoms with E-state index in [9.17, 15) is 0 Å². The number of para-hydroxylation sites is 5. The first-order chi connectivity index (χ1) is 19.3. The van der Waals surface area contributed by atoms with E-state index >= 15 is 0 Å². The molecular weight excluding hydrogens is 474 g/mol. The molecule has 8 rings (SSSR count). The van der Waals surface area contributed by atoms with Crippen molar-refractivity contribution in [2.24, 2.45) is 0 Å². The lowest BCUT2D eigenvalue weighted by Gasteiger charge is -2.11. The van der Waals surface area contributed by atoms with Crippen molar-refractivity contribution in [2.45, 2.75) is 0 Å². The third-order valence-electron chi connectivity index (χ3n) is 7.87. The zero-order valence-corrected chi connectivity index (χ0v) is 21.3. The van der Waals surface area contributed by atoms with Crippen LogP contribution in [0.1, 0.15) is 0 Å². The Bertz CT molecular complexity index is 2180. The van der Waals surface area contributed by atoms with Crippen LogP contribution in [0.4, 0.5) is 5.69 Å². The van der Waals surface area contributed by atoms with Crippen molar-refractivity contribution in [3.05, 3.63) is 140 Å². The Labute approximate surface area is 226 Å². The molecule has 0 radical (unpaired) electrons. The van der Waals surface area contributed by atoms with Gasteiger partial charge in [0.2, 0.25) is 0 Å². The predicted molar refractivity (Wildman–Crippen MR) is 165 cm³/mol. The minimum Gasteiger partial charge on any atom is -0.397 e. The van der Waals surface area contributed by atoms with Crippen LogP contribution in [0.3, 0.4) is 0 Å². The zero-order valence-electron chi connectivity index (χ0n) is 21.3. The third-order valence-corrected chi connectivity index (χ3v) is 7.87. The lowest BCUT2D eigenvalue weighted by Crippen LogP contribution is -1.99. The number of hydrogen-bond acceptors (Lipinski definition) is 1. The van der Waals surface area contributed by atoms with Gasteiger partial charge in [0.05, 0.1) is 33.4 Å². The Kier molecular flexibility index (Phi) is 4.67. The van der Waals surface area contributed by atoms with E-state index in [4.69, 9.17) is 5.73 Å². The highest BCUT2D eigenvalue weighted by atomic mass is 15.0. The average molecular weight is 500 g/mol. The van der Waals surface area contributed by atoms with Crippen molar-refractivity contribution in [1.82, 2.24) is 9.13 Å². The Morgan fingerprint density at radius 2 is 0.949 bits per heavy atom. The van der Waals surface area contributed by atoms with Crippen LogP contribution in [0.2, 0.25) is 0 Å². The van der Waals surface area contributed by atoms with Crippen LogP contribution >= 0.6 is 0 Å². The largest absolute Gasteiger partial charge is 0.397 e. The summed E-state index contributed by atoms with van der Waals surface area (Å²) in [5.74, 6) is 0. The van der Waals surface area contributed by atoms with Crippen molar-refractivity contribution < 1.29 is 0 Å². The third kappa shape index (κ3) is 3.23. The quantitative estimate of drug-likeness (QED) is 0.242. The summed E-state index contributed by atoms with van der Waals surface area (Å²) in [6.07, 6.45) is 0. The molecule has 0 aliphatic heterocycles. The van der Waals surface area contributed by atoms with Gasteiger partial charge in [0.25, 0.3) is 0 Å². The van der Waals surface area contributed by atoms with E-state index in [2.05, 4.69) is 130 Å². The number of fused-ring (bicyclic) bond motifs is 6. The summed E-state index contributed by atoms with van der Waals surface area (Å²) in [6, 6.07) is 49.6. The molecule has 0 unspecified atom stereocenters. The van der Waals surface area contributed by atoms with Gasteiger partial charge in [0.15, 0.2) is 0 Å². The topological polar surface area (TPSA) is 35.9 Å². The minimum absolute atomic E-state index is 0.767. The van der Waals surface area contributed by atoms with Crippen LogP contribution < -0.4 is 5.73 Å². The fraction of sp³-hybridized carbons (Fsp3) is 0. The van der Waals surface area contributed by atoms with Gasteiger partial charge in [-0.2, -0.15) is 0 Å². The fourth-order valence-electron chi connectivity index (χ4n) is 6.11. The van der Waals surface area contributed by atoms with E-state index in [1.165, 1.54) is 49.4 Å². The number of hydrogen-bond donors (Lipinski definition) is 1. The molecular formula is C36H25N3. The van der Waals surface area contributed by atoms with Crippen LogP contribution in [0, 0.1) is 0 Å². The molecule has 184 valence electrons. The number of rotatable bonds is 3. The summed E-state index contributed by atoms with van der Waals surface area (Å²) < 4.78 is 4.65. The summed E-state index contributed by atoms with van der Waals surface area (Å²) in [6.45, 7) is 0. The van der Waals surface area contributed by atoms with Crippen LogP contribution in [0.25, 0.3) is 66.1 Å². The Balaban J connectivity index is 1.38. The Morgan fingerprint density at radius 1 is 0.385 bits per heavy atom. The molecule has 0 aliphatic rings. The smallest absolute Gasteiger partial charge is 0.0691 e. The molecule has 0 spiro atoms. The predicted octanol–water partition coefficient (Wildman–Crippen LogP) is 9.13. The van der Waals surface area contributed by atoms with E-state index in [1.807, 2.05) is 18.2 Å². The maximum Gasteiger partial charge on any atom is 0.0691 e. The van der Waals surface area contributed by atoms with Gasteiger partial charge in [-0.05, 0) is 65.7 Å². The van der Waals surface area contributed by atoms with Gasteiger partial charge < -0.3 is 14.9 Å². The van der Waals surface area contributed by atoms with E-state index in [1.54, 1.807) is 0 Å². The normalized spacial score (nSPS) is 11.7. The number of benzene rings is 6. The number of nitrogen functional groups attached to an aromatic ring is 1. The van der Waals surface area contributed by atoms with Gasteiger partial charge in [-0.3, -0.25) is 0 Å². The van der Waals surface area contributed by atoms with Gasteiger partial charge in [-0.25, -0.2) is 0 Å². The van der Waals surface area contributed by atoms with E-state index in [-0.39, 0.29) is 0 Å². The lowest BCUT2D eigenvalue weighted by molar-refractivity contribution is 1.18. The maximum absolute atomic E-state index is 6.44. The Morgan fingerprint density at radius 3 is 1.74 bits per heavy atom. The molecule has 2 aromatic heterocycles. The first-order valence-corrected chi connectivity index (χ1v) is 13.2. The second kappa shape index (κ2) is 8.37. The summed E-state index contributed by atoms with van der Waals surface area (Å²) in [5, 5.41) is 4.96. The first kappa shape index (κ1) is 21.8. The highest BCUT2D eigenvalue weighted by Gasteiger charge is 2.16. The van der Waals surface area contributed by atoms with Crippen LogP contribution in [-0.4, -0.2) is 9.13 Å². The van der Waals surface area contributed by atoms with Crippen LogP contribution in [-0.2, 0) is 0 Å². The van der Waals surface area contributed by atoms with Crippen molar-refractivity contribution >= 4 is 49.3 Å². The summed E-state index contributed by atoms with van der Waals surface area (Å²) in [4.78, 5) is 0. The maximum atomic E-state index is 6.44. The molecule has 3 heteroatoms. The zero-order chi connectivity index (χ0) is 25.9. The van der Waals surface area contributed by atoms with Gasteiger partial charge >= 0.3 is 0 Å². The molecule has 2 N–H and O–H groups in total. The number of nitrogens with two attached hydrogens (primary N) is 1. The standard InChI is InChI=1S/C36H25N3/c37-31-14-6-9-17-35(31)39-33-16-8-5-13-28(33)30-22-24(19-21-34(30)39)25-18-20-29-27-12-4-7-15-32(27)38(36(29)23-25)26-10-2-1-3-11-26/h1-23H,37H2. The molecule has 6 aromatic carbocycles. The summed E-state index contributed by atoms with van der Waals surface area (Å²) >= 11 is 0. The van der Waals surface area contributed by atoms with Gasteiger partial charge in [0.1, 0.15) is 0 Å². The molecule has 3 nitrogen and oxygen atoms in total. The number of aromatic nitrogens is 2. The van der Waals surface area contributed by atoms with E-state index in [0.717, 1.165) is 22.4 Å². The van der Waals surface area contributed by atoms with Crippen molar-refractivity contribution in [3.8, 4) is 22.5 Å².